The van der Waals surface area contributed by atoms with Gasteiger partial charge in [0.15, 0.2) is 5.78 Å². The van der Waals surface area contributed by atoms with E-state index in [2.05, 4.69) is 0 Å². The number of rotatable bonds is 2. The minimum absolute atomic E-state index is 0.0488. The third-order valence-electron chi connectivity index (χ3n) is 3.57. The maximum atomic E-state index is 12.7. The predicted molar refractivity (Wildman–Crippen MR) is 85.1 cm³/mol. The fraction of sp³-hybridized carbons (Fsp3) is 0.176. The number of ketones is 1. The lowest BCUT2D eigenvalue weighted by Gasteiger charge is -2.30. The Morgan fingerprint density at radius 1 is 1.09 bits per heavy atom. The molecule has 0 atom stereocenters. The summed E-state index contributed by atoms with van der Waals surface area (Å²) in [4.78, 5) is 25.9. The van der Waals surface area contributed by atoms with Gasteiger partial charge in [0.1, 0.15) is 12.4 Å². The van der Waals surface area contributed by atoms with Crippen LogP contribution < -0.4 is 9.64 Å². The van der Waals surface area contributed by atoms with E-state index in [0.29, 0.717) is 40.7 Å². The molecule has 1 heterocycles. The zero-order chi connectivity index (χ0) is 15.7. The van der Waals surface area contributed by atoms with E-state index in [9.17, 15) is 9.59 Å². The van der Waals surface area contributed by atoms with Crippen molar-refractivity contribution < 1.29 is 14.3 Å². The molecule has 0 fully saturated rings. The molecule has 4 nitrogen and oxygen atoms in total. The highest BCUT2D eigenvalue weighted by atomic mass is 35.5. The number of anilines is 1. The molecule has 0 unspecified atom stereocenters. The van der Waals surface area contributed by atoms with Crippen molar-refractivity contribution in [3.8, 4) is 5.75 Å². The number of benzene rings is 2. The van der Waals surface area contributed by atoms with E-state index in [-0.39, 0.29) is 11.7 Å². The van der Waals surface area contributed by atoms with Crippen LogP contribution >= 0.6 is 11.6 Å². The summed E-state index contributed by atoms with van der Waals surface area (Å²) in [5.74, 6) is 0.424. The zero-order valence-corrected chi connectivity index (χ0v) is 12.8. The number of fused-ring (bicyclic) bond motifs is 1. The van der Waals surface area contributed by atoms with Gasteiger partial charge in [-0.05, 0) is 49.4 Å². The van der Waals surface area contributed by atoms with Crippen LogP contribution in [0.5, 0.6) is 5.75 Å². The fourth-order valence-corrected chi connectivity index (χ4v) is 2.52. The standard InChI is InChI=1S/C17H14ClNO3/c1-11(20)13-4-7-16-15(10-13)19(8-9-22-16)17(21)12-2-5-14(18)6-3-12/h2-7,10H,8-9H2,1H3. The third kappa shape index (κ3) is 2.70. The van der Waals surface area contributed by atoms with E-state index in [4.69, 9.17) is 16.3 Å². The van der Waals surface area contributed by atoms with E-state index in [1.54, 1.807) is 47.4 Å². The largest absolute Gasteiger partial charge is 0.490 e. The minimum Gasteiger partial charge on any atom is -0.490 e. The molecule has 0 bridgehead atoms. The molecular weight excluding hydrogens is 302 g/mol. The van der Waals surface area contributed by atoms with Crippen molar-refractivity contribution in [3.63, 3.8) is 0 Å². The lowest BCUT2D eigenvalue weighted by molar-refractivity contribution is 0.0973. The van der Waals surface area contributed by atoms with E-state index in [1.807, 2.05) is 0 Å². The molecule has 0 spiro atoms. The predicted octanol–water partition coefficient (Wildman–Crippen LogP) is 3.58. The van der Waals surface area contributed by atoms with Crippen LogP contribution in [0, 0.1) is 0 Å². The van der Waals surface area contributed by atoms with Crippen molar-refractivity contribution in [1.82, 2.24) is 0 Å². The molecule has 1 aliphatic heterocycles. The normalized spacial score (nSPS) is 13.3. The Balaban J connectivity index is 1.99. The molecule has 3 rings (SSSR count). The highest BCUT2D eigenvalue weighted by molar-refractivity contribution is 6.30. The Morgan fingerprint density at radius 2 is 1.77 bits per heavy atom. The van der Waals surface area contributed by atoms with Gasteiger partial charge in [0.2, 0.25) is 0 Å². The Hall–Kier alpha value is -2.33. The first-order valence-corrected chi connectivity index (χ1v) is 7.29. The van der Waals surface area contributed by atoms with Gasteiger partial charge in [-0.1, -0.05) is 11.6 Å². The van der Waals surface area contributed by atoms with Crippen LogP contribution in [0.4, 0.5) is 5.69 Å². The molecule has 2 aromatic carbocycles. The molecule has 0 aliphatic carbocycles. The van der Waals surface area contributed by atoms with E-state index >= 15 is 0 Å². The summed E-state index contributed by atoms with van der Waals surface area (Å²) in [6.07, 6.45) is 0. The maximum Gasteiger partial charge on any atom is 0.258 e. The van der Waals surface area contributed by atoms with Gasteiger partial charge in [-0.2, -0.15) is 0 Å². The van der Waals surface area contributed by atoms with Gasteiger partial charge in [0.05, 0.1) is 12.2 Å². The first-order valence-electron chi connectivity index (χ1n) is 6.91. The van der Waals surface area contributed by atoms with Crippen LogP contribution in [-0.4, -0.2) is 24.8 Å². The van der Waals surface area contributed by atoms with Crippen LogP contribution in [0.25, 0.3) is 0 Å². The lowest BCUT2D eigenvalue weighted by atomic mass is 10.1. The SMILES string of the molecule is CC(=O)c1ccc2c(c1)N(C(=O)c1ccc(Cl)cc1)CCO2. The lowest BCUT2D eigenvalue weighted by Crippen LogP contribution is -2.38. The molecule has 22 heavy (non-hydrogen) atoms. The molecule has 0 saturated heterocycles. The topological polar surface area (TPSA) is 46.6 Å². The van der Waals surface area contributed by atoms with Crippen LogP contribution in [0.2, 0.25) is 5.02 Å². The average molecular weight is 316 g/mol. The van der Waals surface area contributed by atoms with E-state index in [1.165, 1.54) is 6.92 Å². The second kappa shape index (κ2) is 5.81. The maximum absolute atomic E-state index is 12.7. The first-order chi connectivity index (χ1) is 10.6. The highest BCUT2D eigenvalue weighted by Gasteiger charge is 2.25. The molecule has 5 heteroatoms. The summed E-state index contributed by atoms with van der Waals surface area (Å²) in [7, 11) is 0. The van der Waals surface area contributed by atoms with Crippen molar-refractivity contribution in [2.24, 2.45) is 0 Å². The quantitative estimate of drug-likeness (QED) is 0.796. The Morgan fingerprint density at radius 3 is 2.45 bits per heavy atom. The Labute approximate surface area is 133 Å². The summed E-state index contributed by atoms with van der Waals surface area (Å²) >= 11 is 5.86. The van der Waals surface area contributed by atoms with Crippen LogP contribution in [0.15, 0.2) is 42.5 Å². The summed E-state index contributed by atoms with van der Waals surface area (Å²) in [5.41, 5.74) is 1.72. The van der Waals surface area contributed by atoms with E-state index < -0.39 is 0 Å². The number of hydrogen-bond donors (Lipinski definition) is 0. The molecular formula is C17H14ClNO3. The number of Topliss-reactive ketones (excluding diaryl/α,β-unsaturated/α-hetero) is 1. The molecule has 0 radical (unpaired) electrons. The number of amides is 1. The molecule has 0 saturated carbocycles. The van der Waals surface area contributed by atoms with Crippen LogP contribution in [0.1, 0.15) is 27.6 Å². The van der Waals surface area contributed by atoms with E-state index in [0.717, 1.165) is 0 Å². The third-order valence-corrected chi connectivity index (χ3v) is 3.82. The second-order valence-electron chi connectivity index (χ2n) is 5.05. The summed E-state index contributed by atoms with van der Waals surface area (Å²) in [6, 6.07) is 11.9. The second-order valence-corrected chi connectivity index (χ2v) is 5.49. The summed E-state index contributed by atoms with van der Waals surface area (Å²) in [6.45, 7) is 2.36. The van der Waals surface area contributed by atoms with Gasteiger partial charge in [-0.25, -0.2) is 0 Å². The highest BCUT2D eigenvalue weighted by Crippen LogP contribution is 2.33. The van der Waals surface area contributed by atoms with Crippen molar-refractivity contribution in [1.29, 1.82) is 0 Å². The number of ether oxygens (including phenoxy) is 1. The summed E-state index contributed by atoms with van der Waals surface area (Å²) < 4.78 is 5.57. The number of carbonyl (C=O) groups is 2. The molecule has 1 aliphatic rings. The smallest absolute Gasteiger partial charge is 0.258 e. The zero-order valence-electron chi connectivity index (χ0n) is 12.0. The van der Waals surface area contributed by atoms with Crippen molar-refractivity contribution in [3.05, 3.63) is 58.6 Å². The Kier molecular flexibility index (Phi) is 3.86. The van der Waals surface area contributed by atoms with Gasteiger partial charge in [0, 0.05) is 16.1 Å². The van der Waals surface area contributed by atoms with Gasteiger partial charge in [-0.3, -0.25) is 9.59 Å². The van der Waals surface area contributed by atoms with Crippen molar-refractivity contribution in [2.75, 3.05) is 18.1 Å². The first kappa shape index (κ1) is 14.6. The van der Waals surface area contributed by atoms with Crippen LogP contribution in [-0.2, 0) is 0 Å². The van der Waals surface area contributed by atoms with Gasteiger partial charge >= 0.3 is 0 Å². The molecule has 2 aromatic rings. The average Bonchev–Trinajstić information content (AvgIpc) is 2.53. The van der Waals surface area contributed by atoms with Crippen molar-refractivity contribution >= 4 is 29.0 Å². The summed E-state index contributed by atoms with van der Waals surface area (Å²) in [5, 5.41) is 0.581. The number of hydrogen-bond acceptors (Lipinski definition) is 3. The van der Waals surface area contributed by atoms with Gasteiger partial charge < -0.3 is 9.64 Å². The monoisotopic (exact) mass is 315 g/mol. The molecule has 112 valence electrons. The Bertz CT molecular complexity index is 740. The molecule has 0 aromatic heterocycles. The number of carbonyl (C=O) groups excluding carboxylic acids is 2. The van der Waals surface area contributed by atoms with Gasteiger partial charge in [0.25, 0.3) is 5.91 Å². The minimum atomic E-state index is -0.137. The van der Waals surface area contributed by atoms with Gasteiger partial charge in [-0.15, -0.1) is 0 Å². The molecule has 1 amide bonds. The number of nitrogens with zero attached hydrogens (tertiary/aromatic N) is 1. The molecule has 0 N–H and O–H groups in total. The van der Waals surface area contributed by atoms with Crippen LogP contribution in [0.3, 0.4) is 0 Å². The fourth-order valence-electron chi connectivity index (χ4n) is 2.40. The number of halogens is 1. The van der Waals surface area contributed by atoms with Crippen molar-refractivity contribution in [2.45, 2.75) is 6.92 Å².